The molecule has 1 atom stereocenters. The Hall–Kier alpha value is -1.06. The fourth-order valence-electron chi connectivity index (χ4n) is 3.62. The number of nitrogens with one attached hydrogen (secondary N) is 1. The Morgan fingerprint density at radius 1 is 1.14 bits per heavy atom. The SMILES string of the molecule is CC(C)C1C(=O)NC(C)(C)C(=O)N1C(C)(C)CC(C)(C)C. The number of hydrogen-bond donors (Lipinski definition) is 1. The van der Waals surface area contributed by atoms with Crippen molar-refractivity contribution in [1.82, 2.24) is 10.2 Å². The summed E-state index contributed by atoms with van der Waals surface area (Å²) in [5.41, 5.74) is -1.11. The van der Waals surface area contributed by atoms with Gasteiger partial charge in [-0.1, -0.05) is 34.6 Å². The molecule has 21 heavy (non-hydrogen) atoms. The van der Waals surface area contributed by atoms with Crippen LogP contribution >= 0.6 is 0 Å². The molecule has 0 bridgehead atoms. The molecule has 1 rings (SSSR count). The predicted octanol–water partition coefficient (Wildman–Crippen LogP) is 2.96. The van der Waals surface area contributed by atoms with Crippen molar-refractivity contribution in [3.8, 4) is 0 Å². The third kappa shape index (κ3) is 3.78. The van der Waals surface area contributed by atoms with Crippen LogP contribution in [0, 0.1) is 11.3 Å². The highest BCUT2D eigenvalue weighted by molar-refractivity contribution is 5.99. The summed E-state index contributed by atoms with van der Waals surface area (Å²) in [6, 6.07) is -0.400. The average molecular weight is 296 g/mol. The molecule has 1 aliphatic rings. The van der Waals surface area contributed by atoms with E-state index >= 15 is 0 Å². The minimum Gasteiger partial charge on any atom is -0.340 e. The molecule has 0 saturated carbocycles. The summed E-state index contributed by atoms with van der Waals surface area (Å²) in [5.74, 6) is 0.0518. The summed E-state index contributed by atoms with van der Waals surface area (Å²) < 4.78 is 0. The normalized spacial score (nSPS) is 23.5. The lowest BCUT2D eigenvalue weighted by atomic mass is 9.77. The molecule has 1 heterocycles. The zero-order valence-electron chi connectivity index (χ0n) is 15.1. The van der Waals surface area contributed by atoms with Gasteiger partial charge in [0.15, 0.2) is 0 Å². The molecule has 1 aliphatic heterocycles. The highest BCUT2D eigenvalue weighted by Crippen LogP contribution is 2.37. The van der Waals surface area contributed by atoms with Crippen LogP contribution in [0.4, 0.5) is 0 Å². The van der Waals surface area contributed by atoms with Gasteiger partial charge in [-0.05, 0) is 45.4 Å². The van der Waals surface area contributed by atoms with Crippen LogP contribution in [0.1, 0.15) is 68.7 Å². The maximum Gasteiger partial charge on any atom is 0.248 e. The van der Waals surface area contributed by atoms with Gasteiger partial charge in [-0.15, -0.1) is 0 Å². The van der Waals surface area contributed by atoms with Gasteiger partial charge in [0, 0.05) is 5.54 Å². The van der Waals surface area contributed by atoms with E-state index in [1.807, 2.05) is 18.7 Å². The first-order valence-corrected chi connectivity index (χ1v) is 7.85. The van der Waals surface area contributed by atoms with E-state index in [1.54, 1.807) is 13.8 Å². The van der Waals surface area contributed by atoms with Gasteiger partial charge in [0.25, 0.3) is 0 Å². The molecular weight excluding hydrogens is 264 g/mol. The molecule has 0 aliphatic carbocycles. The van der Waals surface area contributed by atoms with Crippen LogP contribution < -0.4 is 5.32 Å². The number of rotatable bonds is 3. The van der Waals surface area contributed by atoms with Gasteiger partial charge in [-0.25, -0.2) is 0 Å². The van der Waals surface area contributed by atoms with Crippen LogP contribution in [0.2, 0.25) is 0 Å². The number of nitrogens with zero attached hydrogens (tertiary/aromatic N) is 1. The van der Waals surface area contributed by atoms with Gasteiger partial charge in [-0.3, -0.25) is 9.59 Å². The predicted molar refractivity (Wildman–Crippen MR) is 85.8 cm³/mol. The quantitative estimate of drug-likeness (QED) is 0.870. The minimum absolute atomic E-state index is 0.00931. The van der Waals surface area contributed by atoms with Crippen molar-refractivity contribution in [3.63, 3.8) is 0 Å². The second-order valence-electron chi connectivity index (χ2n) is 9.03. The lowest BCUT2D eigenvalue weighted by molar-refractivity contribution is -0.163. The molecule has 1 saturated heterocycles. The van der Waals surface area contributed by atoms with Crippen molar-refractivity contribution in [2.45, 2.75) is 85.9 Å². The van der Waals surface area contributed by atoms with Gasteiger partial charge in [-0.2, -0.15) is 0 Å². The van der Waals surface area contributed by atoms with E-state index < -0.39 is 11.6 Å². The number of amides is 2. The first-order chi connectivity index (χ1) is 9.19. The van der Waals surface area contributed by atoms with Crippen molar-refractivity contribution < 1.29 is 9.59 Å². The highest BCUT2D eigenvalue weighted by atomic mass is 16.2. The Balaban J connectivity index is 3.29. The van der Waals surface area contributed by atoms with Crippen molar-refractivity contribution in [2.75, 3.05) is 0 Å². The smallest absolute Gasteiger partial charge is 0.248 e. The zero-order valence-corrected chi connectivity index (χ0v) is 15.1. The molecule has 0 spiro atoms. The van der Waals surface area contributed by atoms with Crippen molar-refractivity contribution in [1.29, 1.82) is 0 Å². The van der Waals surface area contributed by atoms with E-state index in [4.69, 9.17) is 0 Å². The van der Waals surface area contributed by atoms with Crippen LogP contribution in [0.25, 0.3) is 0 Å². The molecular formula is C17H32N2O2. The first-order valence-electron chi connectivity index (χ1n) is 7.85. The van der Waals surface area contributed by atoms with Crippen molar-refractivity contribution >= 4 is 11.8 Å². The number of carbonyl (C=O) groups excluding carboxylic acids is 2. The van der Waals surface area contributed by atoms with E-state index in [2.05, 4.69) is 39.9 Å². The highest BCUT2D eigenvalue weighted by Gasteiger charge is 2.51. The Morgan fingerprint density at radius 2 is 1.62 bits per heavy atom. The van der Waals surface area contributed by atoms with Crippen LogP contribution in [0.15, 0.2) is 0 Å². The zero-order chi connectivity index (χ0) is 16.8. The van der Waals surface area contributed by atoms with E-state index in [1.165, 1.54) is 0 Å². The van der Waals surface area contributed by atoms with Gasteiger partial charge in [0.1, 0.15) is 11.6 Å². The monoisotopic (exact) mass is 296 g/mol. The van der Waals surface area contributed by atoms with Gasteiger partial charge < -0.3 is 10.2 Å². The molecule has 1 fully saturated rings. The Morgan fingerprint density at radius 3 is 2.00 bits per heavy atom. The molecule has 4 heteroatoms. The molecule has 0 radical (unpaired) electrons. The van der Waals surface area contributed by atoms with Gasteiger partial charge >= 0.3 is 0 Å². The fourth-order valence-corrected chi connectivity index (χ4v) is 3.62. The van der Waals surface area contributed by atoms with Crippen LogP contribution in [-0.2, 0) is 9.59 Å². The maximum absolute atomic E-state index is 13.0. The average Bonchev–Trinajstić information content (AvgIpc) is 2.17. The lowest BCUT2D eigenvalue weighted by Crippen LogP contribution is -2.73. The standard InChI is InChI=1S/C17H32N2O2/c1-11(2)12-13(20)18-17(8,9)14(21)19(12)16(6,7)10-15(3,4)5/h11-12H,10H2,1-9H3,(H,18,20). The molecule has 1 N–H and O–H groups in total. The molecule has 122 valence electrons. The number of piperazine rings is 1. The molecule has 0 aromatic carbocycles. The summed E-state index contributed by atoms with van der Waals surface area (Å²) in [4.78, 5) is 27.3. The summed E-state index contributed by atoms with van der Waals surface area (Å²) in [5, 5.41) is 2.87. The third-order valence-electron chi connectivity index (χ3n) is 3.98. The first kappa shape index (κ1) is 18.0. The largest absolute Gasteiger partial charge is 0.340 e. The number of hydrogen-bond acceptors (Lipinski definition) is 2. The van der Waals surface area contributed by atoms with E-state index in [9.17, 15) is 9.59 Å². The van der Waals surface area contributed by atoms with Gasteiger partial charge in [0.05, 0.1) is 0 Å². The van der Waals surface area contributed by atoms with Crippen molar-refractivity contribution in [3.05, 3.63) is 0 Å². The van der Waals surface area contributed by atoms with Crippen LogP contribution in [0.5, 0.6) is 0 Å². The summed E-state index contributed by atoms with van der Waals surface area (Å²) in [6.07, 6.45) is 0.846. The van der Waals surface area contributed by atoms with Crippen LogP contribution in [-0.4, -0.2) is 33.8 Å². The summed E-state index contributed by atoms with van der Waals surface area (Å²) in [6.45, 7) is 18.2. The van der Waals surface area contributed by atoms with E-state index in [-0.39, 0.29) is 28.7 Å². The molecule has 2 amide bonds. The van der Waals surface area contributed by atoms with E-state index in [0.717, 1.165) is 6.42 Å². The maximum atomic E-state index is 13.0. The molecule has 0 aromatic rings. The molecule has 1 unspecified atom stereocenters. The number of carbonyl (C=O) groups is 2. The minimum atomic E-state index is -0.836. The summed E-state index contributed by atoms with van der Waals surface area (Å²) in [7, 11) is 0. The Bertz CT molecular complexity index is 431. The van der Waals surface area contributed by atoms with Crippen molar-refractivity contribution in [2.24, 2.45) is 11.3 Å². The molecule has 0 aromatic heterocycles. The Kier molecular flexibility index (Phi) is 4.53. The second-order valence-corrected chi connectivity index (χ2v) is 9.03. The lowest BCUT2D eigenvalue weighted by Gasteiger charge is -2.53. The second kappa shape index (κ2) is 5.29. The van der Waals surface area contributed by atoms with Crippen LogP contribution in [0.3, 0.4) is 0 Å². The third-order valence-corrected chi connectivity index (χ3v) is 3.98. The van der Waals surface area contributed by atoms with Gasteiger partial charge in [0.2, 0.25) is 11.8 Å². The topological polar surface area (TPSA) is 49.4 Å². The molecule has 4 nitrogen and oxygen atoms in total. The fraction of sp³-hybridized carbons (Fsp3) is 0.882. The summed E-state index contributed by atoms with van der Waals surface area (Å²) >= 11 is 0. The van der Waals surface area contributed by atoms with E-state index in [0.29, 0.717) is 0 Å². The Labute approximate surface area is 129 Å².